The van der Waals surface area contributed by atoms with E-state index in [1.807, 2.05) is 0 Å². The first-order chi connectivity index (χ1) is 8.60. The van der Waals surface area contributed by atoms with Crippen LogP contribution in [0.5, 0.6) is 5.75 Å². The number of hydrogen-bond acceptors (Lipinski definition) is 2. The van der Waals surface area contributed by atoms with E-state index in [0.29, 0.717) is 0 Å². The zero-order valence-corrected chi connectivity index (χ0v) is 10.4. The van der Waals surface area contributed by atoms with Gasteiger partial charge in [-0.1, -0.05) is 0 Å². The molecule has 1 aromatic carbocycles. The number of aromatic hydroxyl groups is 1. The van der Waals surface area contributed by atoms with Gasteiger partial charge in [0.2, 0.25) is 0 Å². The van der Waals surface area contributed by atoms with Crippen molar-refractivity contribution in [3.05, 3.63) is 29.3 Å². The van der Waals surface area contributed by atoms with E-state index in [9.17, 15) is 22.0 Å². The van der Waals surface area contributed by atoms with Gasteiger partial charge in [0.1, 0.15) is 0 Å². The Bertz CT molecular complexity index is 421. The van der Waals surface area contributed by atoms with Gasteiger partial charge in [-0.25, -0.2) is 8.78 Å². The van der Waals surface area contributed by atoms with Crippen LogP contribution < -0.4 is 0 Å². The Morgan fingerprint density at radius 1 is 1.16 bits per heavy atom. The molecule has 0 aliphatic rings. The second kappa shape index (κ2) is 5.73. The van der Waals surface area contributed by atoms with Crippen LogP contribution in [0.1, 0.15) is 19.4 Å². The lowest BCUT2D eigenvalue weighted by Crippen LogP contribution is -2.38. The summed E-state index contributed by atoms with van der Waals surface area (Å²) in [6, 6.07) is 1.20. The van der Waals surface area contributed by atoms with Crippen LogP contribution in [0.15, 0.2) is 12.1 Å². The SMILES string of the molecule is CC(C)N(Cc1cc(F)c(O)c(F)c1)CC(F)(F)F. The highest BCUT2D eigenvalue weighted by Crippen LogP contribution is 2.24. The number of nitrogens with zero attached hydrogens (tertiary/aromatic N) is 1. The van der Waals surface area contributed by atoms with Gasteiger partial charge in [-0.3, -0.25) is 4.90 Å². The third-order valence-corrected chi connectivity index (χ3v) is 2.58. The third kappa shape index (κ3) is 4.66. The number of hydrogen-bond donors (Lipinski definition) is 1. The van der Waals surface area contributed by atoms with Crippen molar-refractivity contribution in [2.75, 3.05) is 6.54 Å². The molecule has 0 aliphatic heterocycles. The predicted molar refractivity (Wildman–Crippen MR) is 59.6 cm³/mol. The molecule has 0 spiro atoms. The van der Waals surface area contributed by atoms with Crippen LogP contribution >= 0.6 is 0 Å². The number of rotatable bonds is 4. The van der Waals surface area contributed by atoms with E-state index in [0.717, 1.165) is 17.0 Å². The molecule has 0 radical (unpaired) electrons. The average Bonchev–Trinajstić information content (AvgIpc) is 2.22. The molecule has 19 heavy (non-hydrogen) atoms. The van der Waals surface area contributed by atoms with Crippen molar-refractivity contribution in [3.63, 3.8) is 0 Å². The van der Waals surface area contributed by atoms with E-state index in [-0.39, 0.29) is 12.1 Å². The molecular formula is C12H14F5NO. The van der Waals surface area contributed by atoms with Crippen molar-refractivity contribution in [1.82, 2.24) is 4.90 Å². The minimum absolute atomic E-state index is 0.0331. The zero-order chi connectivity index (χ0) is 14.8. The van der Waals surface area contributed by atoms with Crippen LogP contribution in [0.25, 0.3) is 0 Å². The van der Waals surface area contributed by atoms with Gasteiger partial charge < -0.3 is 5.11 Å². The van der Waals surface area contributed by atoms with Gasteiger partial charge in [-0.15, -0.1) is 0 Å². The molecule has 0 fully saturated rings. The number of halogens is 5. The Labute approximate surface area is 107 Å². The van der Waals surface area contributed by atoms with Crippen LogP contribution in [-0.4, -0.2) is 28.8 Å². The first-order valence-corrected chi connectivity index (χ1v) is 5.58. The van der Waals surface area contributed by atoms with Crippen molar-refractivity contribution in [3.8, 4) is 5.75 Å². The molecule has 108 valence electrons. The van der Waals surface area contributed by atoms with Gasteiger partial charge in [0.25, 0.3) is 0 Å². The number of alkyl halides is 3. The summed E-state index contributed by atoms with van der Waals surface area (Å²) in [5.41, 5.74) is 0.0331. The van der Waals surface area contributed by atoms with Crippen molar-refractivity contribution in [2.24, 2.45) is 0 Å². The van der Waals surface area contributed by atoms with E-state index in [2.05, 4.69) is 0 Å². The van der Waals surface area contributed by atoms with Crippen LogP contribution in [0.3, 0.4) is 0 Å². The normalized spacial score (nSPS) is 12.5. The summed E-state index contributed by atoms with van der Waals surface area (Å²) >= 11 is 0. The summed E-state index contributed by atoms with van der Waals surface area (Å²) in [4.78, 5) is 1.03. The maximum absolute atomic E-state index is 13.1. The lowest BCUT2D eigenvalue weighted by molar-refractivity contribution is -0.150. The highest BCUT2D eigenvalue weighted by molar-refractivity contribution is 5.30. The van der Waals surface area contributed by atoms with E-state index in [1.54, 1.807) is 13.8 Å². The van der Waals surface area contributed by atoms with Crippen LogP contribution in [0.4, 0.5) is 22.0 Å². The summed E-state index contributed by atoms with van der Waals surface area (Å²) < 4.78 is 63.3. The Hall–Kier alpha value is -1.37. The summed E-state index contributed by atoms with van der Waals surface area (Å²) in [5.74, 6) is -3.51. The number of benzene rings is 1. The molecule has 0 bridgehead atoms. The lowest BCUT2D eigenvalue weighted by atomic mass is 10.1. The maximum Gasteiger partial charge on any atom is 0.401 e. The third-order valence-electron chi connectivity index (χ3n) is 2.58. The topological polar surface area (TPSA) is 23.5 Å². The minimum atomic E-state index is -4.39. The molecule has 0 amide bonds. The minimum Gasteiger partial charge on any atom is -0.503 e. The van der Waals surface area contributed by atoms with E-state index in [4.69, 9.17) is 5.11 Å². The Morgan fingerprint density at radius 3 is 2.00 bits per heavy atom. The molecule has 1 aromatic rings. The van der Waals surface area contributed by atoms with Gasteiger partial charge in [-0.2, -0.15) is 13.2 Å². The van der Waals surface area contributed by atoms with Gasteiger partial charge in [-0.05, 0) is 31.5 Å². The van der Waals surface area contributed by atoms with Crippen molar-refractivity contribution in [1.29, 1.82) is 0 Å². The summed E-state index contributed by atoms with van der Waals surface area (Å²) in [5, 5.41) is 8.92. The van der Waals surface area contributed by atoms with Crippen LogP contribution in [0, 0.1) is 11.6 Å². The van der Waals surface area contributed by atoms with E-state index < -0.39 is 36.1 Å². The van der Waals surface area contributed by atoms with Crippen LogP contribution in [-0.2, 0) is 6.54 Å². The lowest BCUT2D eigenvalue weighted by Gasteiger charge is -2.27. The predicted octanol–water partition coefficient (Wildman–Crippen LogP) is 3.44. The molecule has 2 nitrogen and oxygen atoms in total. The molecule has 0 atom stereocenters. The first-order valence-electron chi connectivity index (χ1n) is 5.58. The molecule has 0 saturated heterocycles. The Morgan fingerprint density at radius 2 is 1.63 bits per heavy atom. The fourth-order valence-electron chi connectivity index (χ4n) is 1.60. The molecule has 0 unspecified atom stereocenters. The van der Waals surface area contributed by atoms with Crippen molar-refractivity contribution < 1.29 is 27.1 Å². The summed E-state index contributed by atoms with van der Waals surface area (Å²) in [7, 11) is 0. The highest BCUT2D eigenvalue weighted by Gasteiger charge is 2.31. The molecular weight excluding hydrogens is 269 g/mol. The summed E-state index contributed by atoms with van der Waals surface area (Å²) in [6.45, 7) is 1.68. The van der Waals surface area contributed by atoms with Gasteiger partial charge >= 0.3 is 6.18 Å². The molecule has 0 saturated carbocycles. The van der Waals surface area contributed by atoms with Crippen molar-refractivity contribution in [2.45, 2.75) is 32.6 Å². The smallest absolute Gasteiger partial charge is 0.401 e. The van der Waals surface area contributed by atoms with Crippen LogP contribution in [0.2, 0.25) is 0 Å². The monoisotopic (exact) mass is 283 g/mol. The molecule has 0 aromatic heterocycles. The standard InChI is InChI=1S/C12H14F5NO/c1-7(2)18(6-12(15,16)17)5-8-3-9(13)11(19)10(14)4-8/h3-4,7,19H,5-6H2,1-2H3. The first kappa shape index (κ1) is 15.7. The fraction of sp³-hybridized carbons (Fsp3) is 0.500. The second-order valence-electron chi connectivity index (χ2n) is 4.52. The van der Waals surface area contributed by atoms with Gasteiger partial charge in [0, 0.05) is 12.6 Å². The fourth-order valence-corrected chi connectivity index (χ4v) is 1.60. The largest absolute Gasteiger partial charge is 0.503 e. The van der Waals surface area contributed by atoms with Gasteiger partial charge in [0.05, 0.1) is 6.54 Å². The average molecular weight is 283 g/mol. The quantitative estimate of drug-likeness (QED) is 0.856. The molecule has 7 heteroatoms. The highest BCUT2D eigenvalue weighted by atomic mass is 19.4. The molecule has 1 N–H and O–H groups in total. The molecule has 1 rings (SSSR count). The Kier molecular flexibility index (Phi) is 4.73. The second-order valence-corrected chi connectivity index (χ2v) is 4.52. The van der Waals surface area contributed by atoms with Gasteiger partial charge in [0.15, 0.2) is 17.4 Å². The number of phenols is 1. The van der Waals surface area contributed by atoms with E-state index in [1.165, 1.54) is 0 Å². The maximum atomic E-state index is 13.1. The summed E-state index contributed by atoms with van der Waals surface area (Å²) in [6.07, 6.45) is -4.39. The molecule has 0 aliphatic carbocycles. The van der Waals surface area contributed by atoms with E-state index >= 15 is 0 Å². The zero-order valence-electron chi connectivity index (χ0n) is 10.4. The Balaban J connectivity index is 2.91. The number of phenolic OH excluding ortho intramolecular Hbond substituents is 1. The van der Waals surface area contributed by atoms with Crippen molar-refractivity contribution >= 4 is 0 Å². The molecule has 0 heterocycles.